The van der Waals surface area contributed by atoms with Crippen LogP contribution in [-0.4, -0.2) is 19.1 Å². The van der Waals surface area contributed by atoms with Gasteiger partial charge in [-0.3, -0.25) is 4.79 Å². The molecule has 3 heteroatoms. The molecule has 0 atom stereocenters. The van der Waals surface area contributed by atoms with Crippen LogP contribution < -0.4 is 9.64 Å². The third-order valence-electron chi connectivity index (χ3n) is 4.08. The minimum atomic E-state index is 0.0171. The first-order valence-electron chi connectivity index (χ1n) is 7.77. The summed E-state index contributed by atoms with van der Waals surface area (Å²) in [5.41, 5.74) is 3.39. The van der Waals surface area contributed by atoms with Gasteiger partial charge in [0.25, 0.3) is 5.91 Å². The molecule has 1 heterocycles. The molecule has 0 radical (unpaired) electrons. The molecule has 1 amide bonds. The number of hydrogen-bond acceptors (Lipinski definition) is 2. The molecule has 2 aromatic carbocycles. The van der Waals surface area contributed by atoms with E-state index in [9.17, 15) is 4.79 Å². The maximum atomic E-state index is 12.5. The van der Waals surface area contributed by atoms with Crippen molar-refractivity contribution < 1.29 is 9.53 Å². The molecule has 1 aliphatic heterocycles. The molecule has 0 spiro atoms. The highest BCUT2D eigenvalue weighted by atomic mass is 16.5. The minimum Gasteiger partial charge on any atom is -0.483 e. The molecule has 0 aromatic heterocycles. The number of amides is 1. The largest absolute Gasteiger partial charge is 0.483 e. The van der Waals surface area contributed by atoms with Crippen LogP contribution in [-0.2, 0) is 11.2 Å². The molecule has 3 rings (SSSR count). The van der Waals surface area contributed by atoms with Gasteiger partial charge in [0, 0.05) is 12.2 Å². The van der Waals surface area contributed by atoms with Crippen LogP contribution >= 0.6 is 0 Å². The zero-order valence-corrected chi connectivity index (χ0v) is 13.1. The van der Waals surface area contributed by atoms with E-state index in [-0.39, 0.29) is 12.5 Å². The van der Waals surface area contributed by atoms with Gasteiger partial charge in [-0.2, -0.15) is 0 Å². The quantitative estimate of drug-likeness (QED) is 0.859. The number of anilines is 1. The zero-order valence-electron chi connectivity index (χ0n) is 13.1. The predicted octanol–water partition coefficient (Wildman–Crippen LogP) is 3.78. The molecule has 0 aliphatic carbocycles. The minimum absolute atomic E-state index is 0.0171. The summed E-state index contributed by atoms with van der Waals surface area (Å²) in [7, 11) is 0. The van der Waals surface area contributed by atoms with Gasteiger partial charge in [0.15, 0.2) is 6.61 Å². The van der Waals surface area contributed by atoms with E-state index in [2.05, 4.69) is 26.0 Å². The van der Waals surface area contributed by atoms with Crippen molar-refractivity contribution in [1.82, 2.24) is 0 Å². The lowest BCUT2D eigenvalue weighted by Gasteiger charge is -2.19. The van der Waals surface area contributed by atoms with Crippen LogP contribution in [0.2, 0.25) is 0 Å². The van der Waals surface area contributed by atoms with Crippen LogP contribution in [0.5, 0.6) is 5.75 Å². The molecule has 114 valence electrons. The van der Waals surface area contributed by atoms with Crippen LogP contribution in [0, 0.1) is 0 Å². The summed E-state index contributed by atoms with van der Waals surface area (Å²) in [6.45, 7) is 5.08. The van der Waals surface area contributed by atoms with Crippen molar-refractivity contribution in [3.8, 4) is 5.75 Å². The van der Waals surface area contributed by atoms with E-state index in [0.717, 1.165) is 30.0 Å². The number of rotatable bonds is 4. The first kappa shape index (κ1) is 14.6. The summed E-state index contributed by atoms with van der Waals surface area (Å²) in [5.74, 6) is 1.20. The Morgan fingerprint density at radius 3 is 2.68 bits per heavy atom. The van der Waals surface area contributed by atoms with Crippen molar-refractivity contribution in [2.45, 2.75) is 26.2 Å². The van der Waals surface area contributed by atoms with Crippen molar-refractivity contribution in [2.75, 3.05) is 18.1 Å². The summed E-state index contributed by atoms with van der Waals surface area (Å²) >= 11 is 0. The number of ether oxygens (including phenoxy) is 1. The summed E-state index contributed by atoms with van der Waals surface area (Å²) < 4.78 is 5.80. The molecule has 2 aromatic rings. The Morgan fingerprint density at radius 1 is 1.14 bits per heavy atom. The number of carbonyl (C=O) groups is 1. The Labute approximate surface area is 131 Å². The molecule has 0 fully saturated rings. The lowest BCUT2D eigenvalue weighted by Crippen LogP contribution is -2.33. The van der Waals surface area contributed by atoms with Gasteiger partial charge in [0.2, 0.25) is 0 Å². The third kappa shape index (κ3) is 2.84. The Bertz CT molecular complexity index is 679. The molecular formula is C19H21NO2. The van der Waals surface area contributed by atoms with Crippen molar-refractivity contribution >= 4 is 11.6 Å². The molecule has 0 saturated carbocycles. The van der Waals surface area contributed by atoms with Gasteiger partial charge in [-0.15, -0.1) is 0 Å². The average molecular weight is 295 g/mol. The molecule has 22 heavy (non-hydrogen) atoms. The Hall–Kier alpha value is -2.29. The van der Waals surface area contributed by atoms with Crippen LogP contribution in [0.4, 0.5) is 5.69 Å². The molecule has 0 saturated heterocycles. The van der Waals surface area contributed by atoms with Gasteiger partial charge in [-0.05, 0) is 35.6 Å². The number of nitrogens with zero attached hydrogens (tertiary/aromatic N) is 1. The highest BCUT2D eigenvalue weighted by Crippen LogP contribution is 2.28. The number of hydrogen-bond donors (Lipinski definition) is 0. The fourth-order valence-corrected chi connectivity index (χ4v) is 2.90. The monoisotopic (exact) mass is 295 g/mol. The molecule has 1 aliphatic rings. The van der Waals surface area contributed by atoms with Crippen LogP contribution in [0.1, 0.15) is 30.9 Å². The summed E-state index contributed by atoms with van der Waals surface area (Å²) in [6, 6.07) is 16.0. The smallest absolute Gasteiger partial charge is 0.264 e. The molecule has 0 unspecified atom stereocenters. The van der Waals surface area contributed by atoms with Crippen molar-refractivity contribution in [1.29, 1.82) is 0 Å². The normalized spacial score (nSPS) is 13.3. The lowest BCUT2D eigenvalue weighted by atomic mass is 10.0. The maximum absolute atomic E-state index is 12.5. The van der Waals surface area contributed by atoms with Gasteiger partial charge in [0.1, 0.15) is 5.75 Å². The molecule has 0 bridgehead atoms. The number of fused-ring (bicyclic) bond motifs is 1. The standard InChI is InChI=1S/C19H21NO2/c1-14(2)16-8-4-6-10-18(16)22-13-19(21)20-12-11-15-7-3-5-9-17(15)20/h3-10,14H,11-13H2,1-2H3. The lowest BCUT2D eigenvalue weighted by molar-refractivity contribution is -0.120. The van der Waals surface area contributed by atoms with E-state index in [0.29, 0.717) is 5.92 Å². The molecular weight excluding hydrogens is 274 g/mol. The molecule has 0 N–H and O–H groups in total. The van der Waals surface area contributed by atoms with E-state index in [1.807, 2.05) is 41.3 Å². The van der Waals surface area contributed by atoms with E-state index in [1.54, 1.807) is 0 Å². The summed E-state index contributed by atoms with van der Waals surface area (Å²) in [4.78, 5) is 14.3. The first-order valence-corrected chi connectivity index (χ1v) is 7.77. The Morgan fingerprint density at radius 2 is 1.86 bits per heavy atom. The maximum Gasteiger partial charge on any atom is 0.264 e. The highest BCUT2D eigenvalue weighted by Gasteiger charge is 2.24. The van der Waals surface area contributed by atoms with Crippen LogP contribution in [0.25, 0.3) is 0 Å². The first-order chi connectivity index (χ1) is 10.7. The van der Waals surface area contributed by atoms with Gasteiger partial charge in [-0.25, -0.2) is 0 Å². The highest BCUT2D eigenvalue weighted by molar-refractivity contribution is 5.96. The number of para-hydroxylation sites is 2. The fourth-order valence-electron chi connectivity index (χ4n) is 2.90. The topological polar surface area (TPSA) is 29.5 Å². The van der Waals surface area contributed by atoms with Crippen molar-refractivity contribution in [3.05, 3.63) is 59.7 Å². The number of carbonyl (C=O) groups excluding carboxylic acids is 1. The SMILES string of the molecule is CC(C)c1ccccc1OCC(=O)N1CCc2ccccc21. The van der Waals surface area contributed by atoms with Crippen LogP contribution in [0.3, 0.4) is 0 Å². The summed E-state index contributed by atoms with van der Waals surface area (Å²) in [5, 5.41) is 0. The van der Waals surface area contributed by atoms with E-state index in [4.69, 9.17) is 4.74 Å². The fraction of sp³-hybridized carbons (Fsp3) is 0.316. The van der Waals surface area contributed by atoms with E-state index >= 15 is 0 Å². The zero-order chi connectivity index (χ0) is 15.5. The van der Waals surface area contributed by atoms with Crippen molar-refractivity contribution in [3.63, 3.8) is 0 Å². The Kier molecular flexibility index (Phi) is 4.14. The third-order valence-corrected chi connectivity index (χ3v) is 4.08. The van der Waals surface area contributed by atoms with Gasteiger partial charge in [-0.1, -0.05) is 50.2 Å². The second-order valence-electron chi connectivity index (χ2n) is 5.91. The van der Waals surface area contributed by atoms with Crippen molar-refractivity contribution in [2.24, 2.45) is 0 Å². The Balaban J connectivity index is 1.69. The molecule has 3 nitrogen and oxygen atoms in total. The second-order valence-corrected chi connectivity index (χ2v) is 5.91. The average Bonchev–Trinajstić information content (AvgIpc) is 2.97. The van der Waals surface area contributed by atoms with E-state index < -0.39 is 0 Å². The second kappa shape index (κ2) is 6.22. The summed E-state index contributed by atoms with van der Waals surface area (Å²) in [6.07, 6.45) is 0.921. The predicted molar refractivity (Wildman–Crippen MR) is 88.5 cm³/mol. The van der Waals surface area contributed by atoms with Gasteiger partial charge in [0.05, 0.1) is 0 Å². The van der Waals surface area contributed by atoms with E-state index in [1.165, 1.54) is 5.56 Å². The van der Waals surface area contributed by atoms with Crippen LogP contribution in [0.15, 0.2) is 48.5 Å². The van der Waals surface area contributed by atoms with Gasteiger partial charge >= 0.3 is 0 Å². The number of benzene rings is 2. The van der Waals surface area contributed by atoms with Gasteiger partial charge < -0.3 is 9.64 Å².